The van der Waals surface area contributed by atoms with Gasteiger partial charge in [-0.05, 0) is 30.1 Å². The summed E-state index contributed by atoms with van der Waals surface area (Å²) in [5.74, 6) is -1.01. The number of carboxylic acids is 1. The van der Waals surface area contributed by atoms with Gasteiger partial charge in [0.2, 0.25) is 11.8 Å². The third-order valence-electron chi connectivity index (χ3n) is 4.59. The Bertz CT molecular complexity index is 469. The molecule has 1 heterocycles. The van der Waals surface area contributed by atoms with Gasteiger partial charge >= 0.3 is 5.97 Å². The zero-order chi connectivity index (χ0) is 16.5. The van der Waals surface area contributed by atoms with Crippen LogP contribution in [-0.4, -0.2) is 46.9 Å². The van der Waals surface area contributed by atoms with Gasteiger partial charge < -0.3 is 15.3 Å². The standard InChI is InChI=1S/C16H26N2O4/c1-16(2,3)7-12(19)17-8-13(20)18-9-10-5-4-6-11(10)14(18)15(21)22/h10-11,14H,4-9H2,1-3H3,(H,17,19)(H,21,22). The summed E-state index contributed by atoms with van der Waals surface area (Å²) >= 11 is 0. The van der Waals surface area contributed by atoms with Crippen molar-refractivity contribution in [2.24, 2.45) is 17.3 Å². The van der Waals surface area contributed by atoms with Crippen molar-refractivity contribution >= 4 is 17.8 Å². The van der Waals surface area contributed by atoms with Crippen LogP contribution in [0.1, 0.15) is 46.5 Å². The van der Waals surface area contributed by atoms with Gasteiger partial charge in [-0.2, -0.15) is 0 Å². The van der Waals surface area contributed by atoms with E-state index in [0.717, 1.165) is 19.3 Å². The highest BCUT2D eigenvalue weighted by molar-refractivity contribution is 5.88. The molecule has 0 aromatic carbocycles. The Hall–Kier alpha value is -1.59. The molecule has 2 fully saturated rings. The fourth-order valence-electron chi connectivity index (χ4n) is 3.70. The predicted molar refractivity (Wildman–Crippen MR) is 81.0 cm³/mol. The molecule has 0 aromatic heterocycles. The van der Waals surface area contributed by atoms with E-state index in [9.17, 15) is 19.5 Å². The van der Waals surface area contributed by atoms with Crippen molar-refractivity contribution in [3.63, 3.8) is 0 Å². The van der Waals surface area contributed by atoms with Crippen LogP contribution in [0.4, 0.5) is 0 Å². The van der Waals surface area contributed by atoms with Crippen molar-refractivity contribution < 1.29 is 19.5 Å². The SMILES string of the molecule is CC(C)(C)CC(=O)NCC(=O)N1CC2CCCC2C1C(=O)O. The van der Waals surface area contributed by atoms with Gasteiger partial charge in [0, 0.05) is 13.0 Å². The zero-order valence-corrected chi connectivity index (χ0v) is 13.6. The monoisotopic (exact) mass is 310 g/mol. The summed E-state index contributed by atoms with van der Waals surface area (Å²) in [6.07, 6.45) is 3.26. The molecule has 22 heavy (non-hydrogen) atoms. The molecule has 2 rings (SSSR count). The number of carbonyl (C=O) groups is 3. The molecule has 3 unspecified atom stereocenters. The summed E-state index contributed by atoms with van der Waals surface area (Å²) in [7, 11) is 0. The van der Waals surface area contributed by atoms with Crippen LogP contribution in [0, 0.1) is 17.3 Å². The van der Waals surface area contributed by atoms with Crippen LogP contribution in [0.2, 0.25) is 0 Å². The molecule has 2 N–H and O–H groups in total. The van der Waals surface area contributed by atoms with Gasteiger partial charge in [-0.15, -0.1) is 0 Å². The first-order chi connectivity index (χ1) is 10.2. The minimum Gasteiger partial charge on any atom is -0.480 e. The van der Waals surface area contributed by atoms with E-state index in [1.807, 2.05) is 20.8 Å². The van der Waals surface area contributed by atoms with E-state index in [2.05, 4.69) is 5.32 Å². The van der Waals surface area contributed by atoms with E-state index in [1.54, 1.807) is 0 Å². The number of rotatable bonds is 4. The third kappa shape index (κ3) is 3.78. The van der Waals surface area contributed by atoms with Crippen molar-refractivity contribution in [1.82, 2.24) is 10.2 Å². The lowest BCUT2D eigenvalue weighted by molar-refractivity contribution is -0.149. The lowest BCUT2D eigenvalue weighted by Crippen LogP contribution is -2.47. The van der Waals surface area contributed by atoms with Crippen molar-refractivity contribution in [2.75, 3.05) is 13.1 Å². The maximum absolute atomic E-state index is 12.3. The van der Waals surface area contributed by atoms with Crippen molar-refractivity contribution in [3.8, 4) is 0 Å². The van der Waals surface area contributed by atoms with E-state index in [0.29, 0.717) is 18.9 Å². The Morgan fingerprint density at radius 3 is 2.50 bits per heavy atom. The summed E-state index contributed by atoms with van der Waals surface area (Å²) in [6, 6.07) is -0.723. The van der Waals surface area contributed by atoms with Crippen LogP contribution in [0.15, 0.2) is 0 Å². The maximum Gasteiger partial charge on any atom is 0.326 e. The summed E-state index contributed by atoms with van der Waals surface area (Å²) in [6.45, 7) is 6.26. The first kappa shape index (κ1) is 16.8. The third-order valence-corrected chi connectivity index (χ3v) is 4.59. The molecule has 0 bridgehead atoms. The number of carboxylic acid groups (broad SMARTS) is 1. The van der Waals surface area contributed by atoms with E-state index >= 15 is 0 Å². The molecule has 2 amide bonds. The largest absolute Gasteiger partial charge is 0.480 e. The van der Waals surface area contributed by atoms with Crippen LogP contribution < -0.4 is 5.32 Å². The first-order valence-electron chi connectivity index (χ1n) is 7.98. The fourth-order valence-corrected chi connectivity index (χ4v) is 3.70. The van der Waals surface area contributed by atoms with Gasteiger partial charge in [0.25, 0.3) is 0 Å². The molecule has 1 saturated heterocycles. The lowest BCUT2D eigenvalue weighted by atomic mass is 9.92. The maximum atomic E-state index is 12.3. The van der Waals surface area contributed by atoms with Crippen LogP contribution in [0.5, 0.6) is 0 Å². The molecule has 0 radical (unpaired) electrons. The van der Waals surface area contributed by atoms with Gasteiger partial charge in [-0.25, -0.2) is 4.79 Å². The number of amides is 2. The number of nitrogens with zero attached hydrogens (tertiary/aromatic N) is 1. The molecular weight excluding hydrogens is 284 g/mol. The molecule has 0 aromatic rings. The lowest BCUT2D eigenvalue weighted by Gasteiger charge is -2.25. The minimum atomic E-state index is -0.927. The summed E-state index contributed by atoms with van der Waals surface area (Å²) in [5.41, 5.74) is -0.137. The summed E-state index contributed by atoms with van der Waals surface area (Å²) in [5, 5.41) is 12.0. The number of likely N-dealkylation sites (tertiary alicyclic amines) is 1. The molecule has 2 aliphatic rings. The molecule has 3 atom stereocenters. The second-order valence-electron chi connectivity index (χ2n) is 7.70. The Balaban J connectivity index is 1.92. The highest BCUT2D eigenvalue weighted by Crippen LogP contribution is 2.42. The van der Waals surface area contributed by atoms with Gasteiger partial charge in [-0.3, -0.25) is 9.59 Å². The quantitative estimate of drug-likeness (QED) is 0.818. The first-order valence-corrected chi connectivity index (χ1v) is 7.98. The van der Waals surface area contributed by atoms with Gasteiger partial charge in [0.15, 0.2) is 0 Å². The Morgan fingerprint density at radius 2 is 1.91 bits per heavy atom. The molecule has 1 saturated carbocycles. The fraction of sp³-hybridized carbons (Fsp3) is 0.812. The van der Waals surface area contributed by atoms with Crippen molar-refractivity contribution in [2.45, 2.75) is 52.5 Å². The van der Waals surface area contributed by atoms with Crippen molar-refractivity contribution in [1.29, 1.82) is 0 Å². The topological polar surface area (TPSA) is 86.7 Å². The van der Waals surface area contributed by atoms with Crippen LogP contribution in [0.25, 0.3) is 0 Å². The molecule has 1 aliphatic heterocycles. The number of carbonyl (C=O) groups excluding carboxylic acids is 2. The molecule has 1 aliphatic carbocycles. The Labute approximate surface area is 131 Å². The van der Waals surface area contributed by atoms with E-state index in [1.165, 1.54) is 4.90 Å². The van der Waals surface area contributed by atoms with Gasteiger partial charge in [0.1, 0.15) is 6.04 Å². The van der Waals surface area contributed by atoms with Crippen LogP contribution in [-0.2, 0) is 14.4 Å². The average molecular weight is 310 g/mol. The molecular formula is C16H26N2O4. The Morgan fingerprint density at radius 1 is 1.23 bits per heavy atom. The number of nitrogens with one attached hydrogen (secondary N) is 1. The summed E-state index contributed by atoms with van der Waals surface area (Å²) < 4.78 is 0. The predicted octanol–water partition coefficient (Wildman–Crippen LogP) is 1.25. The normalized spacial score (nSPS) is 27.6. The minimum absolute atomic E-state index is 0.0757. The molecule has 6 nitrogen and oxygen atoms in total. The van der Waals surface area contributed by atoms with Gasteiger partial charge in [-0.1, -0.05) is 27.2 Å². The van der Waals surface area contributed by atoms with Crippen molar-refractivity contribution in [3.05, 3.63) is 0 Å². The Kier molecular flexibility index (Phi) is 4.78. The average Bonchev–Trinajstić information content (AvgIpc) is 2.92. The number of hydrogen-bond donors (Lipinski definition) is 2. The highest BCUT2D eigenvalue weighted by Gasteiger charge is 2.49. The van der Waals surface area contributed by atoms with E-state index < -0.39 is 12.0 Å². The van der Waals surface area contributed by atoms with Gasteiger partial charge in [0.05, 0.1) is 6.54 Å². The zero-order valence-electron chi connectivity index (χ0n) is 13.6. The smallest absolute Gasteiger partial charge is 0.326 e. The highest BCUT2D eigenvalue weighted by atomic mass is 16.4. The number of fused-ring (bicyclic) bond motifs is 1. The van der Waals surface area contributed by atoms with E-state index in [-0.39, 0.29) is 29.7 Å². The molecule has 124 valence electrons. The molecule has 6 heteroatoms. The number of aliphatic carboxylic acids is 1. The van der Waals surface area contributed by atoms with Crippen LogP contribution >= 0.6 is 0 Å². The number of hydrogen-bond acceptors (Lipinski definition) is 3. The van der Waals surface area contributed by atoms with Crippen LogP contribution in [0.3, 0.4) is 0 Å². The van der Waals surface area contributed by atoms with E-state index in [4.69, 9.17) is 0 Å². The second kappa shape index (κ2) is 6.26. The molecule has 0 spiro atoms. The second-order valence-corrected chi connectivity index (χ2v) is 7.70. The summed E-state index contributed by atoms with van der Waals surface area (Å²) in [4.78, 5) is 37.1.